The van der Waals surface area contributed by atoms with Gasteiger partial charge in [0.1, 0.15) is 19.8 Å². The molecule has 2 aliphatic heterocycles. The molecule has 1 N–H and O–H groups in total. The molecule has 1 amide bonds. The average molecular weight is 410 g/mol. The van der Waals surface area contributed by atoms with Crippen LogP contribution in [0, 0.1) is 5.41 Å². The lowest BCUT2D eigenvalue weighted by atomic mass is 9.59. The third-order valence-electron chi connectivity index (χ3n) is 6.15. The summed E-state index contributed by atoms with van der Waals surface area (Å²) >= 11 is 0. The minimum atomic E-state index is -3.59. The van der Waals surface area contributed by atoms with Gasteiger partial charge in [-0.15, -0.1) is 0 Å². The molecule has 1 atom stereocenters. The highest BCUT2D eigenvalue weighted by atomic mass is 32.2. The second-order valence-electron chi connectivity index (χ2n) is 7.66. The van der Waals surface area contributed by atoms with Crippen LogP contribution in [0.2, 0.25) is 0 Å². The Labute approximate surface area is 165 Å². The van der Waals surface area contributed by atoms with Gasteiger partial charge in [0.2, 0.25) is 15.9 Å². The fraction of sp³-hybridized carbons (Fsp3) is 0.632. The maximum Gasteiger partial charge on any atom is 0.246 e. The number of piperidine rings is 1. The third-order valence-corrected chi connectivity index (χ3v) is 8.04. The van der Waals surface area contributed by atoms with Crippen molar-refractivity contribution in [2.45, 2.75) is 36.6 Å². The minimum Gasteiger partial charge on any atom is -0.486 e. The summed E-state index contributed by atoms with van der Waals surface area (Å²) in [7, 11) is -2.09. The van der Waals surface area contributed by atoms with Crippen molar-refractivity contribution in [3.8, 4) is 11.5 Å². The molecule has 1 aliphatic carbocycles. The molecular formula is C19H26N2O6S. The van der Waals surface area contributed by atoms with Crippen molar-refractivity contribution in [1.29, 1.82) is 0 Å². The van der Waals surface area contributed by atoms with Crippen molar-refractivity contribution in [3.63, 3.8) is 0 Å². The van der Waals surface area contributed by atoms with E-state index in [1.807, 2.05) is 0 Å². The number of hydrogen-bond donors (Lipinski definition) is 1. The Balaban J connectivity index is 1.42. The largest absolute Gasteiger partial charge is 0.486 e. The average Bonchev–Trinajstić information content (AvgIpc) is 2.71. The van der Waals surface area contributed by atoms with Gasteiger partial charge < -0.3 is 19.5 Å². The lowest BCUT2D eigenvalue weighted by Crippen LogP contribution is -2.60. The topological polar surface area (TPSA) is 94.2 Å². The number of ether oxygens (including phenoxy) is 3. The van der Waals surface area contributed by atoms with Crippen molar-refractivity contribution in [3.05, 3.63) is 18.2 Å². The summed E-state index contributed by atoms with van der Waals surface area (Å²) in [6.45, 7) is 1.84. The van der Waals surface area contributed by atoms with Gasteiger partial charge in [-0.25, -0.2) is 8.42 Å². The number of sulfonamides is 1. The van der Waals surface area contributed by atoms with Crippen molar-refractivity contribution in [1.82, 2.24) is 9.62 Å². The van der Waals surface area contributed by atoms with Gasteiger partial charge in [0.15, 0.2) is 11.5 Å². The van der Waals surface area contributed by atoms with Gasteiger partial charge in [-0.2, -0.15) is 4.31 Å². The standard InChI is InChI=1S/C19H26N2O6S/c1-25-13-18(22)20-17-4-5-19(17)6-8-21(9-7-19)28(23,24)14-2-3-15-16(12-14)27-11-10-26-15/h2-3,12,17H,4-11,13H2,1H3,(H,20,22). The molecule has 1 saturated heterocycles. The van der Waals surface area contributed by atoms with E-state index in [-0.39, 0.29) is 28.9 Å². The van der Waals surface area contributed by atoms with Gasteiger partial charge in [0, 0.05) is 32.3 Å². The van der Waals surface area contributed by atoms with E-state index in [1.165, 1.54) is 11.4 Å². The molecule has 4 rings (SSSR count). The quantitative estimate of drug-likeness (QED) is 0.783. The minimum absolute atomic E-state index is 0.00221. The van der Waals surface area contributed by atoms with E-state index in [9.17, 15) is 13.2 Å². The molecule has 3 aliphatic rings. The van der Waals surface area contributed by atoms with Gasteiger partial charge in [0.25, 0.3) is 0 Å². The lowest BCUT2D eigenvalue weighted by molar-refractivity contribution is -0.128. The molecule has 2 fully saturated rings. The van der Waals surface area contributed by atoms with E-state index in [4.69, 9.17) is 14.2 Å². The van der Waals surface area contributed by atoms with E-state index in [1.54, 1.807) is 18.2 Å². The molecule has 8 nitrogen and oxygen atoms in total. The van der Waals surface area contributed by atoms with Gasteiger partial charge >= 0.3 is 0 Å². The Morgan fingerprint density at radius 3 is 2.57 bits per heavy atom. The first-order chi connectivity index (χ1) is 13.4. The van der Waals surface area contributed by atoms with Crippen LogP contribution in [0.1, 0.15) is 25.7 Å². The zero-order chi connectivity index (χ0) is 19.8. The van der Waals surface area contributed by atoms with Gasteiger partial charge in [-0.1, -0.05) is 0 Å². The smallest absolute Gasteiger partial charge is 0.246 e. The first-order valence-corrected chi connectivity index (χ1v) is 11.1. The van der Waals surface area contributed by atoms with E-state index in [2.05, 4.69) is 5.32 Å². The Morgan fingerprint density at radius 2 is 1.93 bits per heavy atom. The highest BCUT2D eigenvalue weighted by molar-refractivity contribution is 7.89. The summed E-state index contributed by atoms with van der Waals surface area (Å²) in [5.41, 5.74) is 0.00221. The summed E-state index contributed by atoms with van der Waals surface area (Å²) in [6.07, 6.45) is 3.44. The first-order valence-electron chi connectivity index (χ1n) is 9.63. The van der Waals surface area contributed by atoms with Crippen LogP contribution in [0.4, 0.5) is 0 Å². The number of hydrogen-bond acceptors (Lipinski definition) is 6. The molecule has 1 spiro atoms. The van der Waals surface area contributed by atoms with Crippen molar-refractivity contribution in [2.24, 2.45) is 5.41 Å². The number of methoxy groups -OCH3 is 1. The number of benzene rings is 1. The van der Waals surface area contributed by atoms with Crippen molar-refractivity contribution in [2.75, 3.05) is 40.0 Å². The van der Waals surface area contributed by atoms with E-state index >= 15 is 0 Å². The third kappa shape index (κ3) is 3.46. The lowest BCUT2D eigenvalue weighted by Gasteiger charge is -2.53. The summed E-state index contributed by atoms with van der Waals surface area (Å²) < 4.78 is 43.6. The maximum absolute atomic E-state index is 13.1. The Kier molecular flexibility index (Phi) is 5.24. The van der Waals surface area contributed by atoms with Crippen LogP contribution < -0.4 is 14.8 Å². The number of rotatable bonds is 5. The van der Waals surface area contributed by atoms with Crippen LogP contribution in [-0.2, 0) is 19.6 Å². The number of fused-ring (bicyclic) bond motifs is 1. The van der Waals surface area contributed by atoms with Crippen LogP contribution in [0.5, 0.6) is 11.5 Å². The molecular weight excluding hydrogens is 384 g/mol. The molecule has 1 saturated carbocycles. The molecule has 1 unspecified atom stereocenters. The molecule has 1 aromatic rings. The Morgan fingerprint density at radius 1 is 1.21 bits per heavy atom. The summed E-state index contributed by atoms with van der Waals surface area (Å²) in [4.78, 5) is 12.1. The van der Waals surface area contributed by atoms with Gasteiger partial charge in [-0.3, -0.25) is 4.79 Å². The van der Waals surface area contributed by atoms with E-state index in [0.29, 0.717) is 37.8 Å². The van der Waals surface area contributed by atoms with Crippen LogP contribution >= 0.6 is 0 Å². The number of nitrogens with zero attached hydrogens (tertiary/aromatic N) is 1. The molecule has 1 aromatic carbocycles. The van der Waals surface area contributed by atoms with Crippen molar-refractivity contribution < 1.29 is 27.4 Å². The molecule has 154 valence electrons. The molecule has 9 heteroatoms. The zero-order valence-electron chi connectivity index (χ0n) is 16.0. The Bertz CT molecular complexity index is 848. The highest BCUT2D eigenvalue weighted by Gasteiger charge is 2.50. The normalized spacial score (nSPS) is 23.8. The number of carbonyl (C=O) groups is 1. The molecule has 0 aromatic heterocycles. The molecule has 2 heterocycles. The van der Waals surface area contributed by atoms with E-state index < -0.39 is 10.0 Å². The molecule has 0 radical (unpaired) electrons. The predicted octanol–water partition coefficient (Wildman–Crippen LogP) is 1.15. The zero-order valence-corrected chi connectivity index (χ0v) is 16.8. The summed E-state index contributed by atoms with van der Waals surface area (Å²) in [5, 5.41) is 3.03. The second kappa shape index (κ2) is 7.53. The van der Waals surface area contributed by atoms with Crippen LogP contribution in [0.3, 0.4) is 0 Å². The van der Waals surface area contributed by atoms with E-state index in [0.717, 1.165) is 25.7 Å². The van der Waals surface area contributed by atoms with Crippen LogP contribution in [-0.4, -0.2) is 64.7 Å². The molecule has 0 bridgehead atoms. The Hall–Kier alpha value is -1.84. The molecule has 28 heavy (non-hydrogen) atoms. The fourth-order valence-corrected chi connectivity index (χ4v) is 5.85. The first kappa shape index (κ1) is 19.5. The second-order valence-corrected chi connectivity index (χ2v) is 9.60. The number of amides is 1. The maximum atomic E-state index is 13.1. The fourth-order valence-electron chi connectivity index (χ4n) is 4.39. The highest BCUT2D eigenvalue weighted by Crippen LogP contribution is 2.49. The predicted molar refractivity (Wildman–Crippen MR) is 101 cm³/mol. The van der Waals surface area contributed by atoms with Crippen LogP contribution in [0.25, 0.3) is 0 Å². The number of nitrogens with one attached hydrogen (secondary N) is 1. The van der Waals surface area contributed by atoms with Gasteiger partial charge in [0.05, 0.1) is 4.90 Å². The number of carbonyl (C=O) groups excluding carboxylic acids is 1. The van der Waals surface area contributed by atoms with Crippen LogP contribution in [0.15, 0.2) is 23.1 Å². The monoisotopic (exact) mass is 410 g/mol. The summed E-state index contributed by atoms with van der Waals surface area (Å²) in [6, 6.07) is 4.88. The SMILES string of the molecule is COCC(=O)NC1CCC12CCN(S(=O)(=O)c1ccc3c(c1)OCCO3)CC2. The van der Waals surface area contributed by atoms with Crippen molar-refractivity contribution >= 4 is 15.9 Å². The summed E-state index contributed by atoms with van der Waals surface area (Å²) in [5.74, 6) is 0.936. The van der Waals surface area contributed by atoms with Gasteiger partial charge in [-0.05, 0) is 43.2 Å².